The van der Waals surface area contributed by atoms with Crippen LogP contribution in [0.15, 0.2) is 34.7 Å². The Morgan fingerprint density at radius 2 is 2.17 bits per heavy atom. The number of aromatic nitrogens is 2. The first-order valence-corrected chi connectivity index (χ1v) is 7.88. The molecule has 2 aromatic heterocycles. The van der Waals surface area contributed by atoms with Crippen molar-refractivity contribution in [2.24, 2.45) is 7.05 Å². The molecule has 0 saturated heterocycles. The van der Waals surface area contributed by atoms with E-state index in [2.05, 4.69) is 10.4 Å². The zero-order valence-electron chi connectivity index (χ0n) is 13.3. The van der Waals surface area contributed by atoms with Crippen LogP contribution in [0.4, 0.5) is 0 Å². The Morgan fingerprint density at radius 1 is 1.39 bits per heavy atom. The largest absolute Gasteiger partial charge is 0.459 e. The smallest absolute Gasteiger partial charge is 0.270 e. The molecule has 2 heterocycles. The van der Waals surface area contributed by atoms with E-state index in [-0.39, 0.29) is 11.9 Å². The zero-order chi connectivity index (χ0) is 16.6. The van der Waals surface area contributed by atoms with Gasteiger partial charge >= 0.3 is 0 Å². The number of furan rings is 1. The Morgan fingerprint density at radius 3 is 2.87 bits per heavy atom. The highest BCUT2D eigenvalue weighted by atomic mass is 35.5. The summed E-state index contributed by atoms with van der Waals surface area (Å²) < 4.78 is 7.38. The third kappa shape index (κ3) is 3.10. The van der Waals surface area contributed by atoms with Gasteiger partial charge in [-0.25, -0.2) is 0 Å². The van der Waals surface area contributed by atoms with Crippen LogP contribution in [0.5, 0.6) is 0 Å². The number of halogens is 1. The van der Waals surface area contributed by atoms with Crippen LogP contribution in [0.25, 0.3) is 11.0 Å². The Balaban J connectivity index is 1.80. The second kappa shape index (κ2) is 6.08. The average molecular weight is 332 g/mol. The number of hydrogen-bond acceptors (Lipinski definition) is 3. The lowest BCUT2D eigenvalue weighted by Crippen LogP contribution is -2.28. The number of benzene rings is 1. The molecule has 6 heteroatoms. The zero-order valence-corrected chi connectivity index (χ0v) is 14.0. The molecule has 3 rings (SSSR count). The SMILES string of the molecule is CCc1cc(C(=O)NC(C)c2cc3cc(Cl)ccc3o2)n(C)n1. The fourth-order valence-electron chi connectivity index (χ4n) is 2.50. The number of aryl methyl sites for hydroxylation is 2. The van der Waals surface area contributed by atoms with E-state index in [1.165, 1.54) is 0 Å². The molecule has 0 bridgehead atoms. The Kier molecular flexibility index (Phi) is 4.13. The standard InChI is InChI=1S/C17H18ClN3O2/c1-4-13-9-14(21(3)20-13)17(22)19-10(2)16-8-11-7-12(18)5-6-15(11)23-16/h5-10H,4H2,1-3H3,(H,19,22). The number of rotatable bonds is 4. The predicted molar refractivity (Wildman–Crippen MR) is 89.7 cm³/mol. The summed E-state index contributed by atoms with van der Waals surface area (Å²) in [6.45, 7) is 3.89. The first kappa shape index (κ1) is 15.6. The molecule has 5 nitrogen and oxygen atoms in total. The van der Waals surface area contributed by atoms with Crippen molar-refractivity contribution in [2.45, 2.75) is 26.3 Å². The summed E-state index contributed by atoms with van der Waals surface area (Å²) in [4.78, 5) is 12.4. The molecule has 0 aliphatic rings. The molecule has 0 radical (unpaired) electrons. The van der Waals surface area contributed by atoms with Crippen LogP contribution < -0.4 is 5.32 Å². The molecule has 1 atom stereocenters. The minimum Gasteiger partial charge on any atom is -0.459 e. The van der Waals surface area contributed by atoms with E-state index >= 15 is 0 Å². The number of amides is 1. The minimum absolute atomic E-state index is 0.175. The number of fused-ring (bicyclic) bond motifs is 1. The second-order valence-corrected chi connectivity index (χ2v) is 5.96. The van der Waals surface area contributed by atoms with E-state index in [0.717, 1.165) is 23.1 Å². The summed E-state index contributed by atoms with van der Waals surface area (Å²) in [5, 5.41) is 8.81. The van der Waals surface area contributed by atoms with E-state index in [0.29, 0.717) is 16.5 Å². The maximum absolute atomic E-state index is 12.4. The van der Waals surface area contributed by atoms with Crippen LogP contribution in [0.1, 0.15) is 41.8 Å². The lowest BCUT2D eigenvalue weighted by molar-refractivity contribution is 0.0926. The van der Waals surface area contributed by atoms with E-state index in [9.17, 15) is 4.79 Å². The Hall–Kier alpha value is -2.27. The summed E-state index contributed by atoms with van der Waals surface area (Å²) >= 11 is 5.98. The third-order valence-electron chi connectivity index (χ3n) is 3.80. The first-order valence-electron chi connectivity index (χ1n) is 7.50. The van der Waals surface area contributed by atoms with Gasteiger partial charge in [0.1, 0.15) is 17.0 Å². The highest BCUT2D eigenvalue weighted by molar-refractivity contribution is 6.31. The molecule has 0 aliphatic heterocycles. The topological polar surface area (TPSA) is 60.1 Å². The monoisotopic (exact) mass is 331 g/mol. The van der Waals surface area contributed by atoms with Gasteiger partial charge in [0.2, 0.25) is 0 Å². The highest BCUT2D eigenvalue weighted by Crippen LogP contribution is 2.26. The number of carbonyl (C=O) groups excluding carboxylic acids is 1. The number of nitrogens with zero attached hydrogens (tertiary/aromatic N) is 2. The molecule has 1 unspecified atom stereocenters. The number of hydrogen-bond donors (Lipinski definition) is 1. The quantitative estimate of drug-likeness (QED) is 0.789. The van der Waals surface area contributed by atoms with Gasteiger partial charge in [0.15, 0.2) is 0 Å². The van der Waals surface area contributed by atoms with Gasteiger partial charge in [0.05, 0.1) is 11.7 Å². The van der Waals surface area contributed by atoms with Gasteiger partial charge in [-0.3, -0.25) is 9.48 Å². The minimum atomic E-state index is -0.256. The van der Waals surface area contributed by atoms with Crippen molar-refractivity contribution >= 4 is 28.5 Å². The summed E-state index contributed by atoms with van der Waals surface area (Å²) in [5.74, 6) is 0.513. The van der Waals surface area contributed by atoms with Gasteiger partial charge in [-0.1, -0.05) is 18.5 Å². The molecular formula is C17H18ClN3O2. The van der Waals surface area contributed by atoms with Crippen LogP contribution in [0.2, 0.25) is 5.02 Å². The van der Waals surface area contributed by atoms with Crippen LogP contribution in [-0.2, 0) is 13.5 Å². The Labute approximate surface area is 139 Å². The van der Waals surface area contributed by atoms with Crippen molar-refractivity contribution in [1.29, 1.82) is 0 Å². The summed E-state index contributed by atoms with van der Waals surface area (Å²) in [7, 11) is 1.77. The molecule has 3 aromatic rings. The van der Waals surface area contributed by atoms with Crippen molar-refractivity contribution in [3.05, 3.63) is 52.5 Å². The number of nitrogens with one attached hydrogen (secondary N) is 1. The fraction of sp³-hybridized carbons (Fsp3) is 0.294. The highest BCUT2D eigenvalue weighted by Gasteiger charge is 2.18. The van der Waals surface area contributed by atoms with Crippen molar-refractivity contribution < 1.29 is 9.21 Å². The van der Waals surface area contributed by atoms with Gasteiger partial charge in [-0.05, 0) is 43.7 Å². The summed E-state index contributed by atoms with van der Waals surface area (Å²) in [6.07, 6.45) is 0.793. The maximum atomic E-state index is 12.4. The molecule has 1 amide bonds. The van der Waals surface area contributed by atoms with Crippen LogP contribution >= 0.6 is 11.6 Å². The molecule has 0 saturated carbocycles. The predicted octanol–water partition coefficient (Wildman–Crippen LogP) is 3.87. The van der Waals surface area contributed by atoms with Gasteiger partial charge < -0.3 is 9.73 Å². The molecule has 0 aliphatic carbocycles. The normalized spacial score (nSPS) is 12.5. The first-order chi connectivity index (χ1) is 11.0. The maximum Gasteiger partial charge on any atom is 0.270 e. The molecule has 0 spiro atoms. The van der Waals surface area contributed by atoms with Crippen LogP contribution in [0.3, 0.4) is 0 Å². The molecule has 23 heavy (non-hydrogen) atoms. The Bertz CT molecular complexity index is 866. The molecule has 120 valence electrons. The van der Waals surface area contributed by atoms with Gasteiger partial charge in [0.25, 0.3) is 5.91 Å². The number of carbonyl (C=O) groups is 1. The van der Waals surface area contributed by atoms with E-state index in [4.69, 9.17) is 16.0 Å². The van der Waals surface area contributed by atoms with Crippen molar-refractivity contribution in [3.63, 3.8) is 0 Å². The van der Waals surface area contributed by atoms with Crippen molar-refractivity contribution in [3.8, 4) is 0 Å². The summed E-state index contributed by atoms with van der Waals surface area (Å²) in [6, 6.07) is 8.89. The van der Waals surface area contributed by atoms with Gasteiger partial charge in [-0.15, -0.1) is 0 Å². The fourth-order valence-corrected chi connectivity index (χ4v) is 2.68. The van der Waals surface area contributed by atoms with Gasteiger partial charge in [0, 0.05) is 17.5 Å². The van der Waals surface area contributed by atoms with Crippen molar-refractivity contribution in [2.75, 3.05) is 0 Å². The van der Waals surface area contributed by atoms with E-state index in [1.54, 1.807) is 23.9 Å². The lowest BCUT2D eigenvalue weighted by Gasteiger charge is -2.11. The molecular weight excluding hydrogens is 314 g/mol. The van der Waals surface area contributed by atoms with E-state index < -0.39 is 0 Å². The van der Waals surface area contributed by atoms with Gasteiger partial charge in [-0.2, -0.15) is 5.10 Å². The van der Waals surface area contributed by atoms with Crippen molar-refractivity contribution in [1.82, 2.24) is 15.1 Å². The molecule has 0 fully saturated rings. The lowest BCUT2D eigenvalue weighted by atomic mass is 10.2. The second-order valence-electron chi connectivity index (χ2n) is 5.52. The average Bonchev–Trinajstić information content (AvgIpc) is 3.09. The van der Waals surface area contributed by atoms with Crippen LogP contribution in [0, 0.1) is 0 Å². The molecule has 1 N–H and O–H groups in total. The van der Waals surface area contributed by atoms with Crippen LogP contribution in [-0.4, -0.2) is 15.7 Å². The third-order valence-corrected chi connectivity index (χ3v) is 4.03. The summed E-state index contributed by atoms with van der Waals surface area (Å²) in [5.41, 5.74) is 2.18. The molecule has 1 aromatic carbocycles. The van der Waals surface area contributed by atoms with E-state index in [1.807, 2.05) is 32.0 Å².